The number of nitrogens with zero attached hydrogens (tertiary/aromatic N) is 3. The van der Waals surface area contributed by atoms with Crippen molar-refractivity contribution in [2.24, 2.45) is 4.99 Å². The lowest BCUT2D eigenvalue weighted by Gasteiger charge is -2.17. The Labute approximate surface area is 154 Å². The topological polar surface area (TPSA) is 88.4 Å². The number of sulfone groups is 1. The van der Waals surface area contributed by atoms with Gasteiger partial charge in [0.25, 0.3) is 0 Å². The molecule has 7 nitrogen and oxygen atoms in total. The fraction of sp³-hybridized carbons (Fsp3) is 0.444. The van der Waals surface area contributed by atoms with Crippen molar-refractivity contribution in [2.45, 2.75) is 32.9 Å². The second-order valence-electron chi connectivity index (χ2n) is 6.64. The molecule has 1 aromatic heterocycles. The zero-order valence-corrected chi connectivity index (χ0v) is 16.2. The molecule has 8 heteroatoms. The summed E-state index contributed by atoms with van der Waals surface area (Å²) in [4.78, 5) is 4.22. The monoisotopic (exact) mass is 375 g/mol. The van der Waals surface area contributed by atoms with Gasteiger partial charge in [-0.3, -0.25) is 4.99 Å². The summed E-state index contributed by atoms with van der Waals surface area (Å²) in [7, 11) is -1.23. The van der Waals surface area contributed by atoms with E-state index in [0.29, 0.717) is 18.9 Å². The fourth-order valence-electron chi connectivity index (χ4n) is 3.22. The lowest BCUT2D eigenvalue weighted by Crippen LogP contribution is -2.43. The Morgan fingerprint density at radius 3 is 2.73 bits per heavy atom. The van der Waals surface area contributed by atoms with Crippen LogP contribution in [-0.2, 0) is 16.4 Å². The largest absolute Gasteiger partial charge is 0.353 e. The zero-order chi connectivity index (χ0) is 18.7. The molecule has 2 N–H and O–H groups in total. The lowest BCUT2D eigenvalue weighted by molar-refractivity contribution is 0.599. The first-order valence-corrected chi connectivity index (χ1v) is 10.5. The van der Waals surface area contributed by atoms with Gasteiger partial charge in [-0.25, -0.2) is 13.1 Å². The molecule has 1 atom stereocenters. The number of hydrogen-bond donors (Lipinski definition) is 2. The Balaban J connectivity index is 1.70. The van der Waals surface area contributed by atoms with Crippen LogP contribution >= 0.6 is 0 Å². The maximum atomic E-state index is 11.6. The minimum absolute atomic E-state index is 0.0857. The summed E-state index contributed by atoms with van der Waals surface area (Å²) >= 11 is 0. The van der Waals surface area contributed by atoms with E-state index in [0.717, 1.165) is 22.6 Å². The molecule has 1 aliphatic rings. The van der Waals surface area contributed by atoms with Crippen molar-refractivity contribution in [1.82, 2.24) is 20.4 Å². The molecule has 26 heavy (non-hydrogen) atoms. The van der Waals surface area contributed by atoms with Gasteiger partial charge in [0, 0.05) is 25.3 Å². The summed E-state index contributed by atoms with van der Waals surface area (Å²) in [6, 6.07) is 10.0. The molecule has 0 amide bonds. The van der Waals surface area contributed by atoms with Gasteiger partial charge in [0.15, 0.2) is 15.8 Å². The highest BCUT2D eigenvalue weighted by Crippen LogP contribution is 2.17. The minimum Gasteiger partial charge on any atom is -0.353 e. The Kier molecular flexibility index (Phi) is 5.31. The van der Waals surface area contributed by atoms with Gasteiger partial charge in [-0.2, -0.15) is 5.10 Å². The maximum Gasteiger partial charge on any atom is 0.191 e. The van der Waals surface area contributed by atoms with Crippen molar-refractivity contribution in [3.8, 4) is 5.69 Å². The van der Waals surface area contributed by atoms with Gasteiger partial charge in [-0.15, -0.1) is 0 Å². The normalized spacial score (nSPS) is 19.5. The third kappa shape index (κ3) is 4.24. The van der Waals surface area contributed by atoms with Crippen LogP contribution < -0.4 is 10.6 Å². The van der Waals surface area contributed by atoms with Crippen molar-refractivity contribution in [3.05, 3.63) is 47.3 Å². The van der Waals surface area contributed by atoms with E-state index in [-0.39, 0.29) is 17.5 Å². The molecular formula is C18H25N5O2S. The average molecular weight is 375 g/mol. The number of para-hydroxylation sites is 1. The summed E-state index contributed by atoms with van der Waals surface area (Å²) in [5, 5.41) is 11.0. The second-order valence-corrected chi connectivity index (χ2v) is 8.87. The highest BCUT2D eigenvalue weighted by Gasteiger charge is 2.28. The van der Waals surface area contributed by atoms with Gasteiger partial charge in [0.05, 0.1) is 22.9 Å². The van der Waals surface area contributed by atoms with Crippen LogP contribution in [-0.4, -0.2) is 48.8 Å². The zero-order valence-electron chi connectivity index (χ0n) is 15.4. The molecule has 2 aromatic rings. The minimum atomic E-state index is -2.92. The maximum absolute atomic E-state index is 11.6. The number of aryl methyl sites for hydroxylation is 2. The predicted molar refractivity (Wildman–Crippen MR) is 103 cm³/mol. The Morgan fingerprint density at radius 2 is 2.12 bits per heavy atom. The highest BCUT2D eigenvalue weighted by atomic mass is 32.2. The molecule has 0 saturated carbocycles. The van der Waals surface area contributed by atoms with Gasteiger partial charge in [0.1, 0.15) is 0 Å². The van der Waals surface area contributed by atoms with E-state index in [9.17, 15) is 8.42 Å². The molecular weight excluding hydrogens is 350 g/mol. The first-order valence-electron chi connectivity index (χ1n) is 8.67. The number of rotatable bonds is 4. The summed E-state index contributed by atoms with van der Waals surface area (Å²) in [5.74, 6) is 1.01. The number of aliphatic imine (C=N–C) groups is 1. The van der Waals surface area contributed by atoms with E-state index in [1.165, 1.54) is 0 Å². The first kappa shape index (κ1) is 18.4. The van der Waals surface area contributed by atoms with Crippen molar-refractivity contribution in [2.75, 3.05) is 18.6 Å². The van der Waals surface area contributed by atoms with E-state index in [1.54, 1.807) is 7.05 Å². The summed E-state index contributed by atoms with van der Waals surface area (Å²) in [6.07, 6.45) is 0.616. The van der Waals surface area contributed by atoms with Crippen molar-refractivity contribution >= 4 is 15.8 Å². The Hall–Kier alpha value is -2.35. The van der Waals surface area contributed by atoms with E-state index in [2.05, 4.69) is 20.7 Å². The standard InChI is InChI=1S/C18H25N5O2S/c1-13-10-14(2)23(22-13)17-7-5-4-6-15(17)11-20-18(19-3)21-16-8-9-26(24,25)12-16/h4-7,10,16H,8-9,11-12H2,1-3H3,(H2,19,20,21). The summed E-state index contributed by atoms with van der Waals surface area (Å²) < 4.78 is 25.2. The molecule has 1 fully saturated rings. The van der Waals surface area contributed by atoms with Crippen molar-refractivity contribution < 1.29 is 8.42 Å². The van der Waals surface area contributed by atoms with Crippen LogP contribution in [0.15, 0.2) is 35.3 Å². The van der Waals surface area contributed by atoms with E-state index in [4.69, 9.17) is 0 Å². The molecule has 0 bridgehead atoms. The van der Waals surface area contributed by atoms with Gasteiger partial charge in [-0.1, -0.05) is 18.2 Å². The lowest BCUT2D eigenvalue weighted by atomic mass is 10.1. The highest BCUT2D eigenvalue weighted by molar-refractivity contribution is 7.91. The number of hydrogen-bond acceptors (Lipinski definition) is 4. The Bertz CT molecular complexity index is 917. The fourth-order valence-corrected chi connectivity index (χ4v) is 4.89. The van der Waals surface area contributed by atoms with Crippen molar-refractivity contribution in [3.63, 3.8) is 0 Å². The summed E-state index contributed by atoms with van der Waals surface area (Å²) in [5.41, 5.74) is 4.16. The molecule has 0 radical (unpaired) electrons. The van der Waals surface area contributed by atoms with Crippen LogP contribution in [0.25, 0.3) is 5.69 Å². The number of aromatic nitrogens is 2. The average Bonchev–Trinajstić information content (AvgIpc) is 3.12. The van der Waals surface area contributed by atoms with Crippen LogP contribution in [0.3, 0.4) is 0 Å². The molecule has 1 unspecified atom stereocenters. The van der Waals surface area contributed by atoms with Crippen LogP contribution in [0.1, 0.15) is 23.4 Å². The number of nitrogens with one attached hydrogen (secondary N) is 2. The predicted octanol–water partition coefficient (Wildman–Crippen LogP) is 1.34. The quantitative estimate of drug-likeness (QED) is 0.622. The van der Waals surface area contributed by atoms with Gasteiger partial charge in [-0.05, 0) is 38.0 Å². The molecule has 1 saturated heterocycles. The third-order valence-electron chi connectivity index (χ3n) is 4.47. The molecule has 140 valence electrons. The van der Waals surface area contributed by atoms with E-state index < -0.39 is 9.84 Å². The SMILES string of the molecule is CN=C(NCc1ccccc1-n1nc(C)cc1C)NC1CCS(=O)(=O)C1. The third-order valence-corrected chi connectivity index (χ3v) is 6.24. The van der Waals surface area contributed by atoms with Gasteiger partial charge < -0.3 is 10.6 Å². The van der Waals surface area contributed by atoms with Crippen LogP contribution in [0.2, 0.25) is 0 Å². The molecule has 2 heterocycles. The molecule has 3 rings (SSSR count). The smallest absolute Gasteiger partial charge is 0.191 e. The summed E-state index contributed by atoms with van der Waals surface area (Å²) in [6.45, 7) is 4.57. The van der Waals surface area contributed by atoms with Gasteiger partial charge >= 0.3 is 0 Å². The van der Waals surface area contributed by atoms with Crippen molar-refractivity contribution in [1.29, 1.82) is 0 Å². The number of benzene rings is 1. The van der Waals surface area contributed by atoms with E-state index in [1.807, 2.05) is 48.9 Å². The number of guanidine groups is 1. The second kappa shape index (κ2) is 7.49. The molecule has 1 aromatic carbocycles. The molecule has 0 aliphatic carbocycles. The van der Waals surface area contributed by atoms with Gasteiger partial charge in [0.2, 0.25) is 0 Å². The first-order chi connectivity index (χ1) is 12.4. The molecule has 1 aliphatic heterocycles. The van der Waals surface area contributed by atoms with Crippen LogP contribution in [0, 0.1) is 13.8 Å². The molecule has 0 spiro atoms. The van der Waals surface area contributed by atoms with Crippen LogP contribution in [0.5, 0.6) is 0 Å². The van der Waals surface area contributed by atoms with E-state index >= 15 is 0 Å². The Morgan fingerprint density at radius 1 is 1.35 bits per heavy atom. The van der Waals surface area contributed by atoms with Crippen LogP contribution in [0.4, 0.5) is 0 Å².